The minimum absolute atomic E-state index is 0.0415. The van der Waals surface area contributed by atoms with E-state index < -0.39 is 11.9 Å². The number of carbonyl (C=O) groups excluding carboxylic acids is 2. The van der Waals surface area contributed by atoms with Crippen molar-refractivity contribution in [1.29, 1.82) is 5.26 Å². The van der Waals surface area contributed by atoms with E-state index >= 15 is 0 Å². The van der Waals surface area contributed by atoms with Gasteiger partial charge in [0.25, 0.3) is 5.91 Å². The van der Waals surface area contributed by atoms with Crippen molar-refractivity contribution < 1.29 is 33.0 Å². The summed E-state index contributed by atoms with van der Waals surface area (Å²) < 4.78 is 25.6. The number of nitriles is 1. The molecule has 1 N–H and O–H groups in total. The maximum Gasteiger partial charge on any atom is 0.342 e. The molecular weight excluding hydrogens is 356 g/mol. The van der Waals surface area contributed by atoms with Crippen molar-refractivity contribution in [3.8, 4) is 23.3 Å². The molecule has 142 valence electrons. The summed E-state index contributed by atoms with van der Waals surface area (Å²) in [6.07, 6.45) is 0. The highest BCUT2D eigenvalue weighted by Gasteiger charge is 2.26. The smallest absolute Gasteiger partial charge is 0.342 e. The monoisotopic (exact) mass is 374 g/mol. The Morgan fingerprint density at radius 3 is 2.11 bits per heavy atom. The number of nitrogens with one attached hydrogen (secondary N) is 1. The first-order chi connectivity index (χ1) is 12.9. The second-order valence-electron chi connectivity index (χ2n) is 5.21. The fourth-order valence-electron chi connectivity index (χ4n) is 2.47. The SMILES string of the molecule is COC(=O)c1c(C)oc(NC(=O)c2cc(OC)c(OC)c(OC)c2)c1C#N. The Balaban J connectivity index is 2.44. The maximum absolute atomic E-state index is 12.6. The van der Waals surface area contributed by atoms with Gasteiger partial charge < -0.3 is 23.4 Å². The summed E-state index contributed by atoms with van der Waals surface area (Å²) >= 11 is 0. The lowest BCUT2D eigenvalue weighted by Gasteiger charge is -2.13. The molecule has 0 unspecified atom stereocenters. The van der Waals surface area contributed by atoms with Gasteiger partial charge in [-0.2, -0.15) is 5.26 Å². The van der Waals surface area contributed by atoms with Gasteiger partial charge in [0.2, 0.25) is 11.6 Å². The number of ether oxygens (including phenoxy) is 4. The van der Waals surface area contributed by atoms with E-state index in [0.29, 0.717) is 5.75 Å². The van der Waals surface area contributed by atoms with E-state index in [4.69, 9.17) is 18.6 Å². The molecule has 2 rings (SSSR count). The highest BCUT2D eigenvalue weighted by atomic mass is 16.5. The summed E-state index contributed by atoms with van der Waals surface area (Å²) in [4.78, 5) is 24.5. The first-order valence-corrected chi connectivity index (χ1v) is 7.64. The molecule has 0 fully saturated rings. The number of carbonyl (C=O) groups is 2. The summed E-state index contributed by atoms with van der Waals surface area (Å²) in [5.41, 5.74) is 0.00222. The first kappa shape index (κ1) is 19.7. The van der Waals surface area contributed by atoms with E-state index in [-0.39, 0.29) is 39.8 Å². The molecule has 1 aromatic heterocycles. The number of nitrogens with zero attached hydrogens (tertiary/aromatic N) is 1. The van der Waals surface area contributed by atoms with Crippen LogP contribution in [0.1, 0.15) is 32.0 Å². The molecule has 0 radical (unpaired) electrons. The average molecular weight is 374 g/mol. The predicted molar refractivity (Wildman–Crippen MR) is 93.6 cm³/mol. The Labute approximate surface area is 155 Å². The summed E-state index contributed by atoms with van der Waals surface area (Å²) in [6, 6.07) is 4.73. The number of anilines is 1. The number of hydrogen-bond acceptors (Lipinski definition) is 8. The fraction of sp³-hybridized carbons (Fsp3) is 0.278. The van der Waals surface area contributed by atoms with Gasteiger partial charge in [0.15, 0.2) is 11.5 Å². The van der Waals surface area contributed by atoms with Crippen molar-refractivity contribution in [2.45, 2.75) is 6.92 Å². The van der Waals surface area contributed by atoms with E-state index in [9.17, 15) is 14.9 Å². The van der Waals surface area contributed by atoms with Crippen molar-refractivity contribution in [3.63, 3.8) is 0 Å². The van der Waals surface area contributed by atoms with Crippen LogP contribution in [0.15, 0.2) is 16.5 Å². The number of benzene rings is 1. The van der Waals surface area contributed by atoms with Crippen molar-refractivity contribution in [3.05, 3.63) is 34.6 Å². The van der Waals surface area contributed by atoms with Gasteiger partial charge in [-0.3, -0.25) is 10.1 Å². The highest BCUT2D eigenvalue weighted by molar-refractivity contribution is 6.06. The molecule has 0 saturated carbocycles. The summed E-state index contributed by atoms with van der Waals surface area (Å²) in [5.74, 6) is -0.442. The van der Waals surface area contributed by atoms with Crippen LogP contribution < -0.4 is 19.5 Å². The van der Waals surface area contributed by atoms with Gasteiger partial charge in [-0.25, -0.2) is 4.79 Å². The number of hydrogen-bond donors (Lipinski definition) is 1. The quantitative estimate of drug-likeness (QED) is 0.766. The molecule has 0 aliphatic heterocycles. The largest absolute Gasteiger partial charge is 0.493 e. The van der Waals surface area contributed by atoms with Crippen LogP contribution in [0.25, 0.3) is 0 Å². The predicted octanol–water partition coefficient (Wildman–Crippen LogP) is 2.52. The second kappa shape index (κ2) is 8.14. The Morgan fingerprint density at radius 1 is 1.07 bits per heavy atom. The Hall–Kier alpha value is -3.67. The molecule has 0 atom stereocenters. The topological polar surface area (TPSA) is 120 Å². The molecular formula is C18H18N2O7. The lowest BCUT2D eigenvalue weighted by atomic mass is 10.1. The lowest BCUT2D eigenvalue weighted by molar-refractivity contribution is 0.0598. The van der Waals surface area contributed by atoms with Gasteiger partial charge in [-0.1, -0.05) is 0 Å². The van der Waals surface area contributed by atoms with E-state index in [2.05, 4.69) is 10.1 Å². The molecule has 2 aromatic rings. The summed E-state index contributed by atoms with van der Waals surface area (Å²) in [5, 5.41) is 11.8. The summed E-state index contributed by atoms with van der Waals surface area (Å²) in [7, 11) is 5.47. The van der Waals surface area contributed by atoms with Crippen LogP contribution in [-0.4, -0.2) is 40.3 Å². The minimum atomic E-state index is -0.735. The van der Waals surface area contributed by atoms with Gasteiger partial charge >= 0.3 is 5.97 Å². The molecule has 0 aliphatic rings. The standard InChI is InChI=1S/C18H18N2O7/c1-9-14(18(22)26-5)11(8-19)17(27-9)20-16(21)10-6-12(23-2)15(25-4)13(7-10)24-3/h6-7H,1-5H3,(H,20,21). The molecule has 0 spiro atoms. The third-order valence-corrected chi connectivity index (χ3v) is 3.74. The van der Waals surface area contributed by atoms with Crippen LogP contribution in [0.4, 0.5) is 5.88 Å². The third-order valence-electron chi connectivity index (χ3n) is 3.74. The van der Waals surface area contributed by atoms with Crippen LogP contribution in [0, 0.1) is 18.3 Å². The van der Waals surface area contributed by atoms with Gasteiger partial charge in [0.1, 0.15) is 23.0 Å². The Kier molecular flexibility index (Phi) is 5.92. The number of aryl methyl sites for hydroxylation is 1. The van der Waals surface area contributed by atoms with Crippen molar-refractivity contribution in [2.75, 3.05) is 33.8 Å². The summed E-state index contributed by atoms with van der Waals surface area (Å²) in [6.45, 7) is 1.49. The second-order valence-corrected chi connectivity index (χ2v) is 5.21. The third kappa shape index (κ3) is 3.64. The number of esters is 1. The maximum atomic E-state index is 12.6. The molecule has 0 saturated heterocycles. The van der Waals surface area contributed by atoms with Gasteiger partial charge in [0.05, 0.1) is 28.4 Å². The van der Waals surface area contributed by atoms with Crippen LogP contribution >= 0.6 is 0 Å². The molecule has 9 nitrogen and oxygen atoms in total. The molecule has 0 bridgehead atoms. The van der Waals surface area contributed by atoms with Crippen molar-refractivity contribution in [2.24, 2.45) is 0 Å². The van der Waals surface area contributed by atoms with Crippen LogP contribution in [0.3, 0.4) is 0 Å². The van der Waals surface area contributed by atoms with Crippen molar-refractivity contribution in [1.82, 2.24) is 0 Å². The zero-order valence-electron chi connectivity index (χ0n) is 15.5. The van der Waals surface area contributed by atoms with E-state index in [1.165, 1.54) is 47.5 Å². The Bertz CT molecular complexity index is 900. The first-order valence-electron chi connectivity index (χ1n) is 7.64. The minimum Gasteiger partial charge on any atom is -0.493 e. The molecule has 27 heavy (non-hydrogen) atoms. The van der Waals surface area contributed by atoms with E-state index in [0.717, 1.165) is 0 Å². The molecule has 1 heterocycles. The molecule has 0 aliphatic carbocycles. The highest BCUT2D eigenvalue weighted by Crippen LogP contribution is 2.38. The molecule has 1 aromatic carbocycles. The fourth-order valence-corrected chi connectivity index (χ4v) is 2.47. The zero-order chi connectivity index (χ0) is 20.1. The number of rotatable bonds is 6. The van der Waals surface area contributed by atoms with E-state index in [1.54, 1.807) is 0 Å². The van der Waals surface area contributed by atoms with Crippen LogP contribution in [0.5, 0.6) is 17.2 Å². The van der Waals surface area contributed by atoms with Gasteiger partial charge in [-0.15, -0.1) is 0 Å². The van der Waals surface area contributed by atoms with Gasteiger partial charge in [-0.05, 0) is 19.1 Å². The average Bonchev–Trinajstić information content (AvgIpc) is 3.00. The van der Waals surface area contributed by atoms with Crippen molar-refractivity contribution >= 4 is 17.8 Å². The number of furan rings is 1. The number of amides is 1. The van der Waals surface area contributed by atoms with Gasteiger partial charge in [0, 0.05) is 5.56 Å². The normalized spacial score (nSPS) is 9.93. The Morgan fingerprint density at radius 2 is 1.67 bits per heavy atom. The lowest BCUT2D eigenvalue weighted by Crippen LogP contribution is -2.13. The van der Waals surface area contributed by atoms with Crippen LogP contribution in [-0.2, 0) is 4.74 Å². The zero-order valence-corrected chi connectivity index (χ0v) is 15.5. The number of methoxy groups -OCH3 is 4. The molecule has 1 amide bonds. The van der Waals surface area contributed by atoms with E-state index in [1.807, 2.05) is 6.07 Å². The van der Waals surface area contributed by atoms with Crippen LogP contribution in [0.2, 0.25) is 0 Å². The molecule has 9 heteroatoms.